The van der Waals surface area contributed by atoms with E-state index >= 15 is 0 Å². The standard InChI is InChI=1S/C24H30F3N3O4S/c1-23(2)16-17-13-20(35(28,31)32)15-21(22(17)34-23)33-12-4-7-29-8-10-30(11-9-29)19-6-3-5-18(14-19)24(25,26)27/h3,5-6,13-15H,4,7-12,16H2,1-2H3,(H2,28,31,32). The van der Waals surface area contributed by atoms with E-state index < -0.39 is 27.4 Å². The third-order valence-corrected chi connectivity index (χ3v) is 7.11. The number of fused-ring (bicyclic) bond motifs is 1. The second-order valence-corrected chi connectivity index (χ2v) is 11.1. The van der Waals surface area contributed by atoms with Crippen molar-refractivity contribution in [3.05, 3.63) is 47.5 Å². The van der Waals surface area contributed by atoms with Crippen LogP contribution in [0.15, 0.2) is 41.3 Å². The first-order chi connectivity index (χ1) is 16.3. The van der Waals surface area contributed by atoms with Crippen LogP contribution in [0.3, 0.4) is 0 Å². The maximum absolute atomic E-state index is 13.0. The molecule has 7 nitrogen and oxygen atoms in total. The van der Waals surface area contributed by atoms with E-state index in [2.05, 4.69) is 4.90 Å². The summed E-state index contributed by atoms with van der Waals surface area (Å²) in [4.78, 5) is 4.19. The van der Waals surface area contributed by atoms with Gasteiger partial charge in [0.25, 0.3) is 0 Å². The fourth-order valence-electron chi connectivity index (χ4n) is 4.50. The maximum Gasteiger partial charge on any atom is 0.416 e. The number of rotatable bonds is 7. The molecular formula is C24H30F3N3O4S. The summed E-state index contributed by atoms with van der Waals surface area (Å²) in [6, 6.07) is 8.37. The highest BCUT2D eigenvalue weighted by atomic mass is 32.2. The van der Waals surface area contributed by atoms with E-state index in [1.54, 1.807) is 6.07 Å². The van der Waals surface area contributed by atoms with Crippen LogP contribution in [-0.2, 0) is 22.6 Å². The van der Waals surface area contributed by atoms with Crippen LogP contribution < -0.4 is 19.5 Å². The Labute approximate surface area is 203 Å². The molecular weight excluding hydrogens is 483 g/mol. The Balaban J connectivity index is 1.30. The van der Waals surface area contributed by atoms with Crippen LogP contribution in [0.25, 0.3) is 0 Å². The molecule has 0 spiro atoms. The molecule has 2 aromatic rings. The molecule has 0 bridgehead atoms. The summed E-state index contributed by atoms with van der Waals surface area (Å²) in [7, 11) is -3.88. The number of nitrogens with two attached hydrogens (primary N) is 1. The van der Waals surface area contributed by atoms with E-state index in [-0.39, 0.29) is 4.90 Å². The Bertz CT molecular complexity index is 1180. The van der Waals surface area contributed by atoms with Gasteiger partial charge in [-0.25, -0.2) is 13.6 Å². The normalized spacial score (nSPS) is 18.3. The van der Waals surface area contributed by atoms with Gasteiger partial charge < -0.3 is 14.4 Å². The predicted octanol–water partition coefficient (Wildman–Crippen LogP) is 3.66. The van der Waals surface area contributed by atoms with Crippen molar-refractivity contribution in [3.8, 4) is 11.5 Å². The third kappa shape index (κ3) is 6.20. The van der Waals surface area contributed by atoms with Gasteiger partial charge in [0.2, 0.25) is 10.0 Å². The van der Waals surface area contributed by atoms with E-state index in [0.717, 1.165) is 31.3 Å². The number of primary sulfonamides is 1. The van der Waals surface area contributed by atoms with Crippen LogP contribution in [0.1, 0.15) is 31.4 Å². The quantitative estimate of drug-likeness (QED) is 0.569. The lowest BCUT2D eigenvalue weighted by Gasteiger charge is -2.36. The first kappa shape index (κ1) is 25.6. The number of anilines is 1. The van der Waals surface area contributed by atoms with Gasteiger partial charge in [-0.1, -0.05) is 6.07 Å². The maximum atomic E-state index is 13.0. The first-order valence-corrected chi connectivity index (χ1v) is 13.0. The monoisotopic (exact) mass is 513 g/mol. The van der Waals surface area contributed by atoms with Gasteiger partial charge in [-0.15, -0.1) is 0 Å². The average Bonchev–Trinajstić information content (AvgIpc) is 3.10. The summed E-state index contributed by atoms with van der Waals surface area (Å²) in [6.07, 6.45) is -3.11. The van der Waals surface area contributed by atoms with Crippen molar-refractivity contribution in [2.75, 3.05) is 44.2 Å². The average molecular weight is 514 g/mol. The van der Waals surface area contributed by atoms with Crippen LogP contribution in [0.2, 0.25) is 0 Å². The number of halogens is 3. The van der Waals surface area contributed by atoms with Gasteiger partial charge in [0.15, 0.2) is 11.5 Å². The molecule has 2 aromatic carbocycles. The number of sulfonamides is 1. The van der Waals surface area contributed by atoms with Crippen molar-refractivity contribution in [1.29, 1.82) is 0 Å². The van der Waals surface area contributed by atoms with Gasteiger partial charge >= 0.3 is 6.18 Å². The SMILES string of the molecule is CC1(C)Cc2cc(S(N)(=O)=O)cc(OCCCN3CCN(c4cccc(C(F)(F)F)c4)CC3)c2O1. The van der Waals surface area contributed by atoms with Crippen LogP contribution in [0.4, 0.5) is 18.9 Å². The minimum atomic E-state index is -4.35. The molecule has 0 unspecified atom stereocenters. The van der Waals surface area contributed by atoms with Gasteiger partial charge in [-0.2, -0.15) is 13.2 Å². The number of benzene rings is 2. The van der Waals surface area contributed by atoms with Crippen molar-refractivity contribution < 1.29 is 31.1 Å². The fourth-order valence-corrected chi connectivity index (χ4v) is 5.08. The first-order valence-electron chi connectivity index (χ1n) is 11.5. The second-order valence-electron chi connectivity index (χ2n) is 9.57. The summed E-state index contributed by atoms with van der Waals surface area (Å²) >= 11 is 0. The van der Waals surface area contributed by atoms with Crippen molar-refractivity contribution in [3.63, 3.8) is 0 Å². The van der Waals surface area contributed by atoms with Gasteiger partial charge in [-0.3, -0.25) is 4.90 Å². The highest BCUT2D eigenvalue weighted by molar-refractivity contribution is 7.89. The summed E-state index contributed by atoms with van der Waals surface area (Å²) in [6.45, 7) is 7.68. The molecule has 0 aromatic heterocycles. The number of hydrogen-bond donors (Lipinski definition) is 1. The molecule has 1 saturated heterocycles. The van der Waals surface area contributed by atoms with Gasteiger partial charge in [0.1, 0.15) is 5.60 Å². The smallest absolute Gasteiger partial charge is 0.416 e. The molecule has 35 heavy (non-hydrogen) atoms. The highest BCUT2D eigenvalue weighted by Gasteiger charge is 2.34. The van der Waals surface area contributed by atoms with Crippen molar-refractivity contribution >= 4 is 15.7 Å². The molecule has 0 amide bonds. The summed E-state index contributed by atoms with van der Waals surface area (Å²) in [5.41, 5.74) is 0.230. The zero-order valence-corrected chi connectivity index (χ0v) is 20.6. The summed E-state index contributed by atoms with van der Waals surface area (Å²) in [5, 5.41) is 5.33. The number of hydrogen-bond acceptors (Lipinski definition) is 6. The minimum absolute atomic E-state index is 0.00161. The van der Waals surface area contributed by atoms with Gasteiger partial charge in [-0.05, 0) is 44.5 Å². The zero-order chi connectivity index (χ0) is 25.4. The molecule has 1 fully saturated rings. The predicted molar refractivity (Wildman–Crippen MR) is 126 cm³/mol. The van der Waals surface area contributed by atoms with Crippen LogP contribution in [0, 0.1) is 0 Å². The molecule has 0 aliphatic carbocycles. The van der Waals surface area contributed by atoms with E-state index in [0.29, 0.717) is 49.7 Å². The van der Waals surface area contributed by atoms with Crippen LogP contribution in [0.5, 0.6) is 11.5 Å². The van der Waals surface area contributed by atoms with Gasteiger partial charge in [0.05, 0.1) is 17.1 Å². The van der Waals surface area contributed by atoms with Crippen molar-refractivity contribution in [2.24, 2.45) is 5.14 Å². The number of ether oxygens (including phenoxy) is 2. The van der Waals surface area contributed by atoms with E-state index in [1.165, 1.54) is 24.3 Å². The summed E-state index contributed by atoms with van der Waals surface area (Å²) < 4.78 is 74.7. The Morgan fingerprint density at radius 3 is 2.49 bits per heavy atom. The molecule has 0 radical (unpaired) electrons. The number of nitrogens with zero attached hydrogens (tertiary/aromatic N) is 2. The molecule has 2 aliphatic rings. The minimum Gasteiger partial charge on any atom is -0.490 e. The topological polar surface area (TPSA) is 85.1 Å². The third-order valence-electron chi connectivity index (χ3n) is 6.22. The molecule has 0 saturated carbocycles. The Hall–Kier alpha value is -2.50. The number of alkyl halides is 3. The molecule has 11 heteroatoms. The molecule has 2 heterocycles. The van der Waals surface area contributed by atoms with Crippen molar-refractivity contribution in [2.45, 2.75) is 43.4 Å². The Kier molecular flexibility index (Phi) is 6.96. The van der Waals surface area contributed by atoms with Crippen LogP contribution in [-0.4, -0.2) is 58.2 Å². The van der Waals surface area contributed by atoms with E-state index in [1.807, 2.05) is 18.7 Å². The molecule has 192 valence electrons. The van der Waals surface area contributed by atoms with E-state index in [4.69, 9.17) is 14.6 Å². The zero-order valence-electron chi connectivity index (χ0n) is 19.8. The highest BCUT2D eigenvalue weighted by Crippen LogP contribution is 2.43. The fraction of sp³-hybridized carbons (Fsp3) is 0.500. The van der Waals surface area contributed by atoms with Gasteiger partial charge in [0, 0.05) is 56.5 Å². The van der Waals surface area contributed by atoms with Crippen molar-refractivity contribution in [1.82, 2.24) is 4.90 Å². The Morgan fingerprint density at radius 1 is 1.11 bits per heavy atom. The summed E-state index contributed by atoms with van der Waals surface area (Å²) in [5.74, 6) is 0.920. The number of piperazine rings is 1. The van der Waals surface area contributed by atoms with E-state index in [9.17, 15) is 21.6 Å². The van der Waals surface area contributed by atoms with Crippen LogP contribution >= 0.6 is 0 Å². The largest absolute Gasteiger partial charge is 0.490 e. The lowest BCUT2D eigenvalue weighted by atomic mass is 10.0. The molecule has 4 rings (SSSR count). The second kappa shape index (κ2) is 9.51. The molecule has 0 atom stereocenters. The lowest BCUT2D eigenvalue weighted by molar-refractivity contribution is -0.137. The molecule has 2 N–H and O–H groups in total. The Morgan fingerprint density at radius 2 is 1.83 bits per heavy atom. The molecule has 2 aliphatic heterocycles. The lowest BCUT2D eigenvalue weighted by Crippen LogP contribution is -2.46.